The number of nitrogens with one attached hydrogen (secondary N) is 1. The number of hydrogen-bond donors (Lipinski definition) is 1. The molecule has 4 heterocycles. The monoisotopic (exact) mass is 491 g/mol. The first kappa shape index (κ1) is 24.2. The Kier molecular flexibility index (Phi) is 6.42. The van der Waals surface area contributed by atoms with E-state index < -0.39 is 11.6 Å². The fourth-order valence-corrected chi connectivity index (χ4v) is 5.01. The number of likely N-dealkylation sites (tertiary alicyclic amines) is 1. The summed E-state index contributed by atoms with van der Waals surface area (Å²) in [4.78, 5) is 19.7. The number of halogens is 2. The minimum Gasteiger partial charge on any atom is -0.326 e. The molecule has 1 atom stereocenters. The molecule has 1 aliphatic heterocycles. The van der Waals surface area contributed by atoms with E-state index >= 15 is 0 Å². The standard InChI is InChI=1S/C27H31F2N7/c1-6-35-13-20(14-35)16(4)18-7-8-24(30-11-18)33-27-31-12-22(29)25(34-27)19-9-21(28)26-23(10-19)36(15(2)3)17(5)32-26/h7-12,15-16,20H,6,13-14H2,1-5H3,(H,30,31,33,34)/t16-/m1/s1. The van der Waals surface area contributed by atoms with Crippen molar-refractivity contribution >= 4 is 22.8 Å². The van der Waals surface area contributed by atoms with Crippen LogP contribution in [-0.2, 0) is 0 Å². The predicted octanol–water partition coefficient (Wildman–Crippen LogP) is 5.85. The summed E-state index contributed by atoms with van der Waals surface area (Å²) in [5.41, 5.74) is 2.38. The maximum absolute atomic E-state index is 14.9. The first-order chi connectivity index (χ1) is 17.2. The Morgan fingerprint density at radius 2 is 1.81 bits per heavy atom. The van der Waals surface area contributed by atoms with Crippen molar-refractivity contribution in [3.63, 3.8) is 0 Å². The van der Waals surface area contributed by atoms with Gasteiger partial charge in [0, 0.05) is 30.9 Å². The Labute approximate surface area is 209 Å². The van der Waals surface area contributed by atoms with E-state index in [1.807, 2.05) is 37.6 Å². The number of hydrogen-bond acceptors (Lipinski definition) is 6. The second kappa shape index (κ2) is 9.54. The SMILES string of the molecule is CCN1CC([C@H](C)c2ccc(Nc3ncc(F)c(-c4cc(F)c5nc(C)n(C(C)C)c5c4)n3)nc2)C1. The topological polar surface area (TPSA) is 71.8 Å². The molecule has 0 saturated carbocycles. The number of aromatic nitrogens is 5. The van der Waals surface area contributed by atoms with E-state index in [1.165, 1.54) is 11.6 Å². The number of anilines is 2. The Morgan fingerprint density at radius 3 is 2.47 bits per heavy atom. The van der Waals surface area contributed by atoms with Gasteiger partial charge in [-0.2, -0.15) is 0 Å². The number of aryl methyl sites for hydroxylation is 1. The van der Waals surface area contributed by atoms with Crippen molar-refractivity contribution in [2.75, 3.05) is 25.0 Å². The number of benzene rings is 1. The summed E-state index contributed by atoms with van der Waals surface area (Å²) in [6, 6.07) is 7.00. The number of imidazole rings is 1. The highest BCUT2D eigenvalue weighted by atomic mass is 19.1. The first-order valence-corrected chi connectivity index (χ1v) is 12.4. The average Bonchev–Trinajstić information content (AvgIpc) is 3.16. The molecule has 0 radical (unpaired) electrons. The lowest BCUT2D eigenvalue weighted by molar-refractivity contribution is 0.0909. The zero-order chi connectivity index (χ0) is 25.6. The zero-order valence-corrected chi connectivity index (χ0v) is 21.3. The van der Waals surface area contributed by atoms with Gasteiger partial charge in [0.1, 0.15) is 22.9 Å². The molecule has 9 heteroatoms. The van der Waals surface area contributed by atoms with Gasteiger partial charge in [-0.3, -0.25) is 0 Å². The molecule has 4 aromatic rings. The van der Waals surface area contributed by atoms with Crippen molar-refractivity contribution in [2.24, 2.45) is 5.92 Å². The third-order valence-corrected chi connectivity index (χ3v) is 7.15. The van der Waals surface area contributed by atoms with Gasteiger partial charge < -0.3 is 14.8 Å². The van der Waals surface area contributed by atoms with Gasteiger partial charge in [0.05, 0.1) is 11.7 Å². The smallest absolute Gasteiger partial charge is 0.229 e. The molecule has 0 spiro atoms. The van der Waals surface area contributed by atoms with Crippen LogP contribution in [0.4, 0.5) is 20.5 Å². The van der Waals surface area contributed by atoms with E-state index in [0.717, 1.165) is 25.8 Å². The molecule has 36 heavy (non-hydrogen) atoms. The highest BCUT2D eigenvalue weighted by molar-refractivity contribution is 5.83. The second-order valence-electron chi connectivity index (χ2n) is 9.84. The maximum Gasteiger partial charge on any atom is 0.229 e. The van der Waals surface area contributed by atoms with Crippen molar-refractivity contribution in [3.05, 3.63) is 59.7 Å². The van der Waals surface area contributed by atoms with Crippen LogP contribution in [0, 0.1) is 24.5 Å². The van der Waals surface area contributed by atoms with Gasteiger partial charge in [-0.05, 0) is 62.9 Å². The highest BCUT2D eigenvalue weighted by Gasteiger charge is 2.30. The highest BCUT2D eigenvalue weighted by Crippen LogP contribution is 2.32. The van der Waals surface area contributed by atoms with Gasteiger partial charge in [-0.15, -0.1) is 0 Å². The summed E-state index contributed by atoms with van der Waals surface area (Å²) in [5.74, 6) is 1.36. The number of nitrogens with zero attached hydrogens (tertiary/aromatic N) is 6. The van der Waals surface area contributed by atoms with Crippen molar-refractivity contribution < 1.29 is 8.78 Å². The molecule has 5 rings (SSSR count). The van der Waals surface area contributed by atoms with Gasteiger partial charge in [0.2, 0.25) is 5.95 Å². The van der Waals surface area contributed by atoms with Gasteiger partial charge in [0.25, 0.3) is 0 Å². The summed E-state index contributed by atoms with van der Waals surface area (Å²) in [5, 5.41) is 3.05. The molecule has 0 aliphatic carbocycles. The molecule has 0 amide bonds. The van der Waals surface area contributed by atoms with E-state index in [4.69, 9.17) is 0 Å². The lowest BCUT2D eigenvalue weighted by atomic mass is 9.83. The van der Waals surface area contributed by atoms with Crippen LogP contribution in [0.3, 0.4) is 0 Å². The largest absolute Gasteiger partial charge is 0.326 e. The van der Waals surface area contributed by atoms with Crippen LogP contribution in [-0.4, -0.2) is 49.0 Å². The van der Waals surface area contributed by atoms with E-state index in [9.17, 15) is 8.78 Å². The van der Waals surface area contributed by atoms with E-state index in [0.29, 0.717) is 34.6 Å². The quantitative estimate of drug-likeness (QED) is 0.349. The predicted molar refractivity (Wildman–Crippen MR) is 137 cm³/mol. The molecule has 1 N–H and O–H groups in total. The van der Waals surface area contributed by atoms with Crippen LogP contribution in [0.15, 0.2) is 36.7 Å². The van der Waals surface area contributed by atoms with Gasteiger partial charge >= 0.3 is 0 Å². The molecule has 0 bridgehead atoms. The van der Waals surface area contributed by atoms with Crippen molar-refractivity contribution in [2.45, 2.75) is 46.6 Å². The maximum atomic E-state index is 14.9. The first-order valence-electron chi connectivity index (χ1n) is 12.4. The van der Waals surface area contributed by atoms with Crippen molar-refractivity contribution in [1.29, 1.82) is 0 Å². The molecular weight excluding hydrogens is 460 g/mol. The van der Waals surface area contributed by atoms with E-state index in [1.54, 1.807) is 6.07 Å². The molecule has 1 aromatic carbocycles. The second-order valence-corrected chi connectivity index (χ2v) is 9.84. The average molecular weight is 492 g/mol. The zero-order valence-electron chi connectivity index (χ0n) is 21.3. The van der Waals surface area contributed by atoms with Crippen LogP contribution in [0.1, 0.15) is 51.0 Å². The van der Waals surface area contributed by atoms with Crippen molar-refractivity contribution in [1.82, 2.24) is 29.4 Å². The molecule has 1 saturated heterocycles. The van der Waals surface area contributed by atoms with E-state index in [-0.39, 0.29) is 23.2 Å². The van der Waals surface area contributed by atoms with Crippen LogP contribution < -0.4 is 5.32 Å². The summed E-state index contributed by atoms with van der Waals surface area (Å²) in [6.45, 7) is 13.6. The molecule has 7 nitrogen and oxygen atoms in total. The Balaban J connectivity index is 1.40. The summed E-state index contributed by atoms with van der Waals surface area (Å²) >= 11 is 0. The third-order valence-electron chi connectivity index (χ3n) is 7.15. The summed E-state index contributed by atoms with van der Waals surface area (Å²) < 4.78 is 31.6. The van der Waals surface area contributed by atoms with Crippen molar-refractivity contribution in [3.8, 4) is 11.3 Å². The molecule has 1 aliphatic rings. The normalized spacial score (nSPS) is 15.4. The lowest BCUT2D eigenvalue weighted by Crippen LogP contribution is -2.48. The Morgan fingerprint density at radius 1 is 1.03 bits per heavy atom. The fraction of sp³-hybridized carbons (Fsp3) is 0.407. The lowest BCUT2D eigenvalue weighted by Gasteiger charge is -2.42. The van der Waals surface area contributed by atoms with Gasteiger partial charge in [0.15, 0.2) is 11.6 Å². The number of pyridine rings is 1. The molecule has 188 valence electrons. The molecule has 1 fully saturated rings. The third kappa shape index (κ3) is 4.43. The molecule has 0 unspecified atom stereocenters. The Hall–Kier alpha value is -3.46. The minimum absolute atomic E-state index is 0.0122. The van der Waals surface area contributed by atoms with Crippen LogP contribution in [0.2, 0.25) is 0 Å². The van der Waals surface area contributed by atoms with Crippen LogP contribution in [0.5, 0.6) is 0 Å². The number of rotatable bonds is 7. The van der Waals surface area contributed by atoms with Gasteiger partial charge in [-0.1, -0.05) is 19.9 Å². The summed E-state index contributed by atoms with van der Waals surface area (Å²) in [6.07, 6.45) is 2.95. The molecular formula is C27H31F2N7. The number of fused-ring (bicyclic) bond motifs is 1. The van der Waals surface area contributed by atoms with Crippen LogP contribution in [0.25, 0.3) is 22.3 Å². The van der Waals surface area contributed by atoms with Crippen LogP contribution >= 0.6 is 0 Å². The summed E-state index contributed by atoms with van der Waals surface area (Å²) in [7, 11) is 0. The molecule has 3 aromatic heterocycles. The van der Waals surface area contributed by atoms with Gasteiger partial charge in [-0.25, -0.2) is 28.7 Å². The fourth-order valence-electron chi connectivity index (χ4n) is 5.01. The Bertz CT molecular complexity index is 1390. The van der Waals surface area contributed by atoms with E-state index in [2.05, 4.69) is 50.1 Å². The minimum atomic E-state index is -0.634.